The number of hydrogen-bond acceptors (Lipinski definition) is 3. The molecule has 2 aromatic rings. The number of amides is 1. The molecule has 1 amide bonds. The number of rotatable bonds is 3. The number of carbonyl (C=O) groups is 1. The number of fused-ring (bicyclic) bond motifs is 1. The molecule has 5 heteroatoms. The summed E-state index contributed by atoms with van der Waals surface area (Å²) in [5, 5.41) is 1.04. The van der Waals surface area contributed by atoms with Crippen molar-refractivity contribution in [1.82, 2.24) is 14.5 Å². The van der Waals surface area contributed by atoms with Gasteiger partial charge in [0.25, 0.3) is 0 Å². The van der Waals surface area contributed by atoms with Crippen LogP contribution in [0.1, 0.15) is 40.7 Å². The van der Waals surface area contributed by atoms with Crippen molar-refractivity contribution in [2.24, 2.45) is 0 Å². The van der Waals surface area contributed by atoms with Gasteiger partial charge in [0.2, 0.25) is 5.91 Å². The zero-order chi connectivity index (χ0) is 15.0. The van der Waals surface area contributed by atoms with E-state index >= 15 is 0 Å². The first kappa shape index (κ1) is 14.3. The van der Waals surface area contributed by atoms with Gasteiger partial charge in [-0.05, 0) is 32.4 Å². The van der Waals surface area contributed by atoms with Gasteiger partial charge in [-0.15, -0.1) is 11.3 Å². The Bertz CT molecular complexity index is 658. The maximum Gasteiger partial charge on any atom is 0.228 e. The fourth-order valence-corrected chi connectivity index (χ4v) is 4.10. The van der Waals surface area contributed by atoms with E-state index in [1.165, 1.54) is 5.69 Å². The van der Waals surface area contributed by atoms with E-state index < -0.39 is 0 Å². The third-order valence-electron chi connectivity index (χ3n) is 4.18. The van der Waals surface area contributed by atoms with Crippen molar-refractivity contribution in [2.45, 2.75) is 46.2 Å². The van der Waals surface area contributed by atoms with Crippen LogP contribution >= 0.6 is 11.3 Å². The molecule has 0 spiro atoms. The average Bonchev–Trinajstić information content (AvgIpc) is 3.04. The maximum absolute atomic E-state index is 12.7. The van der Waals surface area contributed by atoms with Gasteiger partial charge in [0.1, 0.15) is 0 Å². The molecule has 3 heterocycles. The first-order chi connectivity index (χ1) is 10.1. The van der Waals surface area contributed by atoms with Crippen molar-refractivity contribution in [3.8, 4) is 0 Å². The minimum Gasteiger partial charge on any atom is -0.348 e. The number of thiazole rings is 1. The van der Waals surface area contributed by atoms with Gasteiger partial charge in [-0.1, -0.05) is 6.92 Å². The molecule has 0 unspecified atom stereocenters. The largest absolute Gasteiger partial charge is 0.348 e. The lowest BCUT2D eigenvalue weighted by molar-refractivity contribution is -0.134. The van der Waals surface area contributed by atoms with Crippen LogP contribution < -0.4 is 0 Å². The summed E-state index contributed by atoms with van der Waals surface area (Å²) in [4.78, 5) is 20.3. The molecule has 0 bridgehead atoms. The van der Waals surface area contributed by atoms with Crippen molar-refractivity contribution in [1.29, 1.82) is 0 Å². The van der Waals surface area contributed by atoms with Crippen LogP contribution in [0.5, 0.6) is 0 Å². The SMILES string of the molecule is CC[C@H]1c2cccn2CCN1C(=O)Cc1sc(C)nc1C. The number of hydrogen-bond donors (Lipinski definition) is 0. The molecule has 1 atom stereocenters. The number of aryl methyl sites for hydroxylation is 2. The highest BCUT2D eigenvalue weighted by molar-refractivity contribution is 7.11. The van der Waals surface area contributed by atoms with E-state index in [9.17, 15) is 4.79 Å². The number of nitrogens with zero attached hydrogens (tertiary/aromatic N) is 3. The van der Waals surface area contributed by atoms with Crippen molar-refractivity contribution < 1.29 is 4.79 Å². The van der Waals surface area contributed by atoms with Crippen LogP contribution in [0.3, 0.4) is 0 Å². The molecule has 0 saturated heterocycles. The lowest BCUT2D eigenvalue weighted by atomic mass is 10.1. The predicted molar refractivity (Wildman–Crippen MR) is 84.5 cm³/mol. The smallest absolute Gasteiger partial charge is 0.228 e. The average molecular weight is 303 g/mol. The Morgan fingerprint density at radius 3 is 2.90 bits per heavy atom. The van der Waals surface area contributed by atoms with Gasteiger partial charge >= 0.3 is 0 Å². The molecule has 0 N–H and O–H groups in total. The normalized spacial score (nSPS) is 17.9. The van der Waals surface area contributed by atoms with E-state index in [1.54, 1.807) is 11.3 Å². The van der Waals surface area contributed by atoms with E-state index in [-0.39, 0.29) is 11.9 Å². The Morgan fingerprint density at radius 2 is 2.24 bits per heavy atom. The minimum absolute atomic E-state index is 0.204. The van der Waals surface area contributed by atoms with Crippen LogP contribution in [0.25, 0.3) is 0 Å². The van der Waals surface area contributed by atoms with Crippen LogP contribution in [0, 0.1) is 13.8 Å². The van der Waals surface area contributed by atoms with Gasteiger partial charge < -0.3 is 9.47 Å². The van der Waals surface area contributed by atoms with Crippen LogP contribution in [-0.4, -0.2) is 26.9 Å². The fourth-order valence-electron chi connectivity index (χ4n) is 3.17. The summed E-state index contributed by atoms with van der Waals surface area (Å²) in [5.41, 5.74) is 2.26. The molecule has 21 heavy (non-hydrogen) atoms. The van der Waals surface area contributed by atoms with Crippen LogP contribution in [0.2, 0.25) is 0 Å². The predicted octanol–water partition coefficient (Wildman–Crippen LogP) is 3.10. The summed E-state index contributed by atoms with van der Waals surface area (Å²) >= 11 is 1.64. The first-order valence-electron chi connectivity index (χ1n) is 7.47. The van der Waals surface area contributed by atoms with Gasteiger partial charge in [0.05, 0.1) is 23.2 Å². The third kappa shape index (κ3) is 2.62. The lowest BCUT2D eigenvalue weighted by Crippen LogP contribution is -2.42. The lowest BCUT2D eigenvalue weighted by Gasteiger charge is -2.36. The van der Waals surface area contributed by atoms with E-state index in [0.29, 0.717) is 6.42 Å². The van der Waals surface area contributed by atoms with Crippen LogP contribution in [-0.2, 0) is 17.8 Å². The number of aromatic nitrogens is 2. The second-order valence-corrected chi connectivity index (χ2v) is 6.84. The minimum atomic E-state index is 0.204. The topological polar surface area (TPSA) is 38.1 Å². The van der Waals surface area contributed by atoms with Gasteiger partial charge in [-0.25, -0.2) is 4.98 Å². The summed E-state index contributed by atoms with van der Waals surface area (Å²) in [6.45, 7) is 7.83. The second-order valence-electron chi connectivity index (χ2n) is 5.56. The molecule has 4 nitrogen and oxygen atoms in total. The van der Waals surface area contributed by atoms with Gasteiger partial charge in [-0.3, -0.25) is 4.79 Å². The zero-order valence-corrected chi connectivity index (χ0v) is 13.6. The molecular formula is C16H21N3OS. The van der Waals surface area contributed by atoms with Gasteiger partial charge in [0.15, 0.2) is 0 Å². The summed E-state index contributed by atoms with van der Waals surface area (Å²) in [6.07, 6.45) is 3.54. The molecule has 3 rings (SSSR count). The fraction of sp³-hybridized carbons (Fsp3) is 0.500. The third-order valence-corrected chi connectivity index (χ3v) is 5.26. The quantitative estimate of drug-likeness (QED) is 0.874. The van der Waals surface area contributed by atoms with E-state index in [0.717, 1.165) is 35.1 Å². The summed E-state index contributed by atoms with van der Waals surface area (Å²) in [6, 6.07) is 4.41. The Labute approximate surface area is 129 Å². The highest BCUT2D eigenvalue weighted by Crippen LogP contribution is 2.30. The molecule has 1 aliphatic heterocycles. The Kier molecular flexibility index (Phi) is 3.85. The molecule has 0 aromatic carbocycles. The summed E-state index contributed by atoms with van der Waals surface area (Å²) < 4.78 is 2.26. The Morgan fingerprint density at radius 1 is 1.43 bits per heavy atom. The Balaban J connectivity index is 1.80. The van der Waals surface area contributed by atoms with Crippen LogP contribution in [0.15, 0.2) is 18.3 Å². The zero-order valence-electron chi connectivity index (χ0n) is 12.8. The standard InChI is InChI=1S/C16H21N3OS/c1-4-13-14-6-5-7-18(14)8-9-19(13)16(20)10-15-11(2)17-12(3)21-15/h5-7,13H,4,8-10H2,1-3H3/t13-/m0/s1. The summed E-state index contributed by atoms with van der Waals surface area (Å²) in [5.74, 6) is 0.223. The van der Waals surface area contributed by atoms with E-state index in [4.69, 9.17) is 0 Å². The summed E-state index contributed by atoms with van der Waals surface area (Å²) in [7, 11) is 0. The van der Waals surface area contributed by atoms with Crippen LogP contribution in [0.4, 0.5) is 0 Å². The van der Waals surface area contributed by atoms with Crippen molar-refractivity contribution in [3.63, 3.8) is 0 Å². The molecule has 0 radical (unpaired) electrons. The molecule has 112 valence electrons. The van der Waals surface area contributed by atoms with Crippen molar-refractivity contribution in [2.75, 3.05) is 6.54 Å². The maximum atomic E-state index is 12.7. The number of carbonyl (C=O) groups excluding carboxylic acids is 1. The first-order valence-corrected chi connectivity index (χ1v) is 8.29. The molecule has 2 aromatic heterocycles. The Hall–Kier alpha value is -1.62. The highest BCUT2D eigenvalue weighted by Gasteiger charge is 2.29. The van der Waals surface area contributed by atoms with E-state index in [1.807, 2.05) is 18.7 Å². The molecule has 0 fully saturated rings. The molecule has 0 aliphatic carbocycles. The van der Waals surface area contributed by atoms with E-state index in [2.05, 4.69) is 34.8 Å². The van der Waals surface area contributed by atoms with Crippen molar-refractivity contribution in [3.05, 3.63) is 39.6 Å². The van der Waals surface area contributed by atoms with Crippen molar-refractivity contribution >= 4 is 17.2 Å². The molecular weight excluding hydrogens is 282 g/mol. The monoisotopic (exact) mass is 303 g/mol. The second kappa shape index (κ2) is 5.64. The van der Waals surface area contributed by atoms with Gasteiger partial charge in [0, 0.05) is 29.9 Å². The van der Waals surface area contributed by atoms with Gasteiger partial charge in [-0.2, -0.15) is 0 Å². The molecule has 1 aliphatic rings. The highest BCUT2D eigenvalue weighted by atomic mass is 32.1. The molecule has 0 saturated carbocycles.